The molecule has 1 amide bonds. The summed E-state index contributed by atoms with van der Waals surface area (Å²) in [5, 5.41) is 10.9. The maximum absolute atomic E-state index is 14.9. The molecule has 0 aromatic carbocycles. The molecule has 5 aromatic rings. The predicted octanol–water partition coefficient (Wildman–Crippen LogP) is 5.42. The van der Waals surface area contributed by atoms with Gasteiger partial charge in [-0.2, -0.15) is 0 Å². The van der Waals surface area contributed by atoms with E-state index < -0.39 is 5.82 Å². The SMILES string of the molecule is O=C(NC1CCCC(n2c(-c3ncccc3F)nc3cnc(-c4nnco4)cc32)C1)c1ccc(Br)s1. The molecule has 182 valence electrons. The van der Waals surface area contributed by atoms with E-state index in [9.17, 15) is 9.18 Å². The van der Waals surface area contributed by atoms with Crippen molar-refractivity contribution in [1.29, 1.82) is 0 Å². The third-order valence-corrected chi connectivity index (χ3v) is 7.89. The number of nitrogens with zero attached hydrogens (tertiary/aromatic N) is 6. The molecule has 36 heavy (non-hydrogen) atoms. The number of hydrogen-bond donors (Lipinski definition) is 1. The van der Waals surface area contributed by atoms with Crippen LogP contribution < -0.4 is 5.32 Å². The van der Waals surface area contributed by atoms with Gasteiger partial charge in [0, 0.05) is 18.3 Å². The monoisotopic (exact) mass is 567 g/mol. The maximum Gasteiger partial charge on any atom is 0.266 e. The van der Waals surface area contributed by atoms with Gasteiger partial charge in [-0.1, -0.05) is 0 Å². The van der Waals surface area contributed by atoms with Crippen LogP contribution in [0, 0.1) is 5.82 Å². The highest BCUT2D eigenvalue weighted by Crippen LogP contribution is 2.37. The first-order valence-corrected chi connectivity index (χ1v) is 13.0. The van der Waals surface area contributed by atoms with Gasteiger partial charge in [0.05, 0.1) is 20.4 Å². The highest BCUT2D eigenvalue weighted by atomic mass is 79.9. The molecule has 1 saturated carbocycles. The smallest absolute Gasteiger partial charge is 0.266 e. The van der Waals surface area contributed by atoms with Gasteiger partial charge < -0.3 is 14.3 Å². The second-order valence-electron chi connectivity index (χ2n) is 8.54. The van der Waals surface area contributed by atoms with Crippen molar-refractivity contribution < 1.29 is 13.6 Å². The number of carbonyl (C=O) groups is 1. The van der Waals surface area contributed by atoms with Gasteiger partial charge >= 0.3 is 0 Å². The Balaban J connectivity index is 1.40. The molecule has 12 heteroatoms. The Kier molecular flexibility index (Phi) is 6.05. The van der Waals surface area contributed by atoms with E-state index in [1.165, 1.54) is 23.8 Å². The number of amides is 1. The molecule has 0 radical (unpaired) electrons. The van der Waals surface area contributed by atoms with E-state index in [0.717, 1.165) is 28.6 Å². The van der Waals surface area contributed by atoms with Crippen LogP contribution in [0.1, 0.15) is 41.4 Å². The molecule has 0 aliphatic heterocycles. The molecule has 1 N–H and O–H groups in total. The number of rotatable bonds is 5. The standard InChI is InChI=1S/C24H19BrFN7O2S/c25-20-7-6-19(36-20)23(34)30-13-3-1-4-14(9-13)33-18-10-16(24-32-29-12-35-24)28-11-17(18)31-22(33)21-15(26)5-2-8-27-21/h2,5-8,10-14H,1,3-4,9H2,(H,30,34). The summed E-state index contributed by atoms with van der Waals surface area (Å²) in [5.41, 5.74) is 2.03. The molecule has 2 unspecified atom stereocenters. The number of pyridine rings is 2. The van der Waals surface area contributed by atoms with Crippen molar-refractivity contribution in [2.45, 2.75) is 37.8 Å². The van der Waals surface area contributed by atoms with Gasteiger partial charge in [0.2, 0.25) is 6.39 Å². The van der Waals surface area contributed by atoms with Crippen LogP contribution in [-0.4, -0.2) is 41.7 Å². The van der Waals surface area contributed by atoms with Gasteiger partial charge in [-0.15, -0.1) is 21.5 Å². The number of halogens is 2. The van der Waals surface area contributed by atoms with Crippen molar-refractivity contribution in [3.8, 4) is 23.1 Å². The lowest BCUT2D eigenvalue weighted by Crippen LogP contribution is -2.38. The number of imidazole rings is 1. The van der Waals surface area contributed by atoms with E-state index in [2.05, 4.69) is 41.4 Å². The summed E-state index contributed by atoms with van der Waals surface area (Å²) in [7, 11) is 0. The first kappa shape index (κ1) is 22.9. The third kappa shape index (κ3) is 4.30. The number of nitrogens with one attached hydrogen (secondary N) is 1. The minimum Gasteiger partial charge on any atom is -0.422 e. The molecule has 1 aliphatic carbocycles. The average molecular weight is 568 g/mol. The molecule has 0 saturated heterocycles. The fourth-order valence-electron chi connectivity index (χ4n) is 4.71. The Hall–Kier alpha value is -3.51. The molecule has 1 aliphatic rings. The van der Waals surface area contributed by atoms with Gasteiger partial charge in [0.15, 0.2) is 11.6 Å². The van der Waals surface area contributed by atoms with Crippen LogP contribution in [0.4, 0.5) is 4.39 Å². The highest BCUT2D eigenvalue weighted by Gasteiger charge is 2.30. The molecule has 6 rings (SSSR count). The van der Waals surface area contributed by atoms with E-state index in [1.54, 1.807) is 18.5 Å². The lowest BCUT2D eigenvalue weighted by atomic mass is 9.90. The van der Waals surface area contributed by atoms with Crippen LogP contribution in [0.5, 0.6) is 0 Å². The Labute approximate surface area is 216 Å². The fourth-order valence-corrected chi connectivity index (χ4v) is 6.00. The quantitative estimate of drug-likeness (QED) is 0.301. The predicted molar refractivity (Wildman–Crippen MR) is 135 cm³/mol. The molecular weight excluding hydrogens is 549 g/mol. The van der Waals surface area contributed by atoms with E-state index in [-0.39, 0.29) is 29.6 Å². The number of fused-ring (bicyclic) bond motifs is 1. The lowest BCUT2D eigenvalue weighted by Gasteiger charge is -2.32. The summed E-state index contributed by atoms with van der Waals surface area (Å²) in [4.78, 5) is 26.9. The summed E-state index contributed by atoms with van der Waals surface area (Å²) in [6.07, 6.45) is 7.69. The van der Waals surface area contributed by atoms with Gasteiger partial charge in [0.25, 0.3) is 11.8 Å². The zero-order chi connectivity index (χ0) is 24.6. The van der Waals surface area contributed by atoms with Crippen molar-refractivity contribution in [3.63, 3.8) is 0 Å². The lowest BCUT2D eigenvalue weighted by molar-refractivity contribution is 0.0925. The third-order valence-electron chi connectivity index (χ3n) is 6.27. The molecular formula is C24H19BrFN7O2S. The maximum atomic E-state index is 14.9. The van der Waals surface area contributed by atoms with Crippen LogP contribution in [0.3, 0.4) is 0 Å². The van der Waals surface area contributed by atoms with Gasteiger partial charge in [0.1, 0.15) is 16.9 Å². The van der Waals surface area contributed by atoms with Crippen LogP contribution in [0.2, 0.25) is 0 Å². The number of carbonyl (C=O) groups excluding carboxylic acids is 1. The van der Waals surface area contributed by atoms with E-state index in [1.807, 2.05) is 22.8 Å². The molecule has 9 nitrogen and oxygen atoms in total. The summed E-state index contributed by atoms with van der Waals surface area (Å²) >= 11 is 4.81. The van der Waals surface area contributed by atoms with Crippen molar-refractivity contribution in [1.82, 2.24) is 35.0 Å². The largest absolute Gasteiger partial charge is 0.422 e. The van der Waals surface area contributed by atoms with Gasteiger partial charge in [-0.25, -0.2) is 19.3 Å². The minimum atomic E-state index is -0.455. The fraction of sp³-hybridized carbons (Fsp3) is 0.250. The Morgan fingerprint density at radius 1 is 1.25 bits per heavy atom. The van der Waals surface area contributed by atoms with Crippen molar-refractivity contribution in [3.05, 3.63) is 63.6 Å². The molecule has 2 atom stereocenters. The minimum absolute atomic E-state index is 0.0340. The van der Waals surface area contributed by atoms with Gasteiger partial charge in [-0.3, -0.25) is 4.79 Å². The summed E-state index contributed by atoms with van der Waals surface area (Å²) in [5.74, 6) is 0.159. The summed E-state index contributed by atoms with van der Waals surface area (Å²) in [6.45, 7) is 0. The average Bonchev–Trinajstić information content (AvgIpc) is 3.64. The molecule has 0 spiro atoms. The zero-order valence-electron chi connectivity index (χ0n) is 18.8. The highest BCUT2D eigenvalue weighted by molar-refractivity contribution is 9.11. The Morgan fingerprint density at radius 3 is 2.94 bits per heavy atom. The molecule has 5 aromatic heterocycles. The van der Waals surface area contributed by atoms with Crippen molar-refractivity contribution in [2.75, 3.05) is 0 Å². The molecule has 1 fully saturated rings. The topological polar surface area (TPSA) is 112 Å². The number of hydrogen-bond acceptors (Lipinski definition) is 8. The van der Waals surface area contributed by atoms with E-state index >= 15 is 0 Å². The summed E-state index contributed by atoms with van der Waals surface area (Å²) in [6, 6.07) is 8.34. The number of thiophene rings is 1. The van der Waals surface area contributed by atoms with Crippen molar-refractivity contribution in [2.24, 2.45) is 0 Å². The Bertz CT molecular complexity index is 1550. The van der Waals surface area contributed by atoms with Crippen molar-refractivity contribution >= 4 is 44.2 Å². The van der Waals surface area contributed by atoms with Gasteiger partial charge in [-0.05, 0) is 71.9 Å². The normalized spacial score (nSPS) is 17.9. The van der Waals surface area contributed by atoms with Crippen LogP contribution in [0.15, 0.2) is 57.3 Å². The molecule has 0 bridgehead atoms. The second kappa shape index (κ2) is 9.51. The van der Waals surface area contributed by atoms with E-state index in [4.69, 9.17) is 9.40 Å². The number of aromatic nitrogens is 6. The summed E-state index contributed by atoms with van der Waals surface area (Å²) < 4.78 is 23.1. The Morgan fingerprint density at radius 2 is 2.17 bits per heavy atom. The van der Waals surface area contributed by atoms with E-state index in [0.29, 0.717) is 28.3 Å². The first-order valence-electron chi connectivity index (χ1n) is 11.4. The van der Waals surface area contributed by atoms with Crippen LogP contribution in [0.25, 0.3) is 34.1 Å². The molecule has 5 heterocycles. The zero-order valence-corrected chi connectivity index (χ0v) is 21.2. The second-order valence-corrected chi connectivity index (χ2v) is 11.0. The van der Waals surface area contributed by atoms with Crippen LogP contribution >= 0.6 is 27.3 Å². The van der Waals surface area contributed by atoms with Crippen LogP contribution in [-0.2, 0) is 0 Å². The first-order chi connectivity index (χ1) is 17.6.